The molecule has 2 saturated heterocycles. The summed E-state index contributed by atoms with van der Waals surface area (Å²) in [5.41, 5.74) is 4.54. The standard InChI is InChI=1S/C22H27N6O20P3/c23-17-12-18(25-6-24-17)28(7-26-12)20-16(47-49(36,37)38)14(30)11(46-20)5-44-51(41,42)48-50(39,40)43-4-10-13(29)15(31)19(45-10)27-2-8(21(32)33)1-9(3-27)22(34)35/h1-3,6-7,10-11,13-16,19-20,29-31H,4-5H2,(H7-,23,24,25,32,33,34,35,36,37,38,39,40,41,42)/t10-,11+,13-,14+,15-,16+,19-,20+/m0/s1. The van der Waals surface area contributed by atoms with Gasteiger partial charge in [0.15, 0.2) is 36.2 Å². The number of carbonyl (C=O) groups excluding carboxylic acids is 1. The van der Waals surface area contributed by atoms with Crippen LogP contribution in [0, 0.1) is 0 Å². The number of nitrogens with zero attached hydrogens (tertiary/aromatic N) is 5. The summed E-state index contributed by atoms with van der Waals surface area (Å²) in [5.74, 6) is -3.44. The van der Waals surface area contributed by atoms with Crippen LogP contribution >= 0.6 is 23.5 Å². The highest BCUT2D eigenvalue weighted by molar-refractivity contribution is 7.61. The van der Waals surface area contributed by atoms with E-state index in [1.165, 1.54) is 0 Å². The van der Waals surface area contributed by atoms with Crippen molar-refractivity contribution in [3.8, 4) is 0 Å². The number of aliphatic hydroxyl groups is 3. The zero-order valence-electron chi connectivity index (χ0n) is 25.1. The van der Waals surface area contributed by atoms with E-state index < -0.39 is 109 Å². The van der Waals surface area contributed by atoms with Crippen molar-refractivity contribution in [3.63, 3.8) is 0 Å². The third-order valence-electron chi connectivity index (χ3n) is 7.24. The van der Waals surface area contributed by atoms with E-state index in [2.05, 4.69) is 32.8 Å². The number of aliphatic hydroxyl groups excluding tert-OH is 3. The average molecular weight is 788 g/mol. The van der Waals surface area contributed by atoms with Gasteiger partial charge in [0, 0.05) is 0 Å². The second-order valence-electron chi connectivity index (χ2n) is 10.7. The van der Waals surface area contributed by atoms with Gasteiger partial charge in [-0.05, 0) is 6.07 Å². The third kappa shape index (κ3) is 8.81. The van der Waals surface area contributed by atoms with E-state index >= 15 is 0 Å². The summed E-state index contributed by atoms with van der Waals surface area (Å²) in [6, 6.07) is 0.751. The molecule has 0 spiro atoms. The maximum Gasteiger partial charge on any atom is 0.481 e. The molecule has 0 saturated carbocycles. The zero-order chi connectivity index (χ0) is 37.6. The maximum absolute atomic E-state index is 12.6. The number of hydrogen-bond acceptors (Lipinski definition) is 19. The fraction of sp³-hybridized carbons (Fsp3) is 0.455. The molecule has 3 aromatic rings. The Bertz CT molecular complexity index is 1930. The molecule has 2 unspecified atom stereocenters. The molecule has 3 aromatic heterocycles. The van der Waals surface area contributed by atoms with E-state index in [4.69, 9.17) is 15.2 Å². The van der Waals surface area contributed by atoms with Crippen LogP contribution in [-0.2, 0) is 41.1 Å². The first-order valence-corrected chi connectivity index (χ1v) is 18.4. The predicted octanol–water partition coefficient (Wildman–Crippen LogP) is -3.94. The summed E-state index contributed by atoms with van der Waals surface area (Å²) < 4.78 is 67.7. The van der Waals surface area contributed by atoms with Crippen LogP contribution in [-0.4, -0.2) is 121 Å². The van der Waals surface area contributed by atoms with Crippen LogP contribution in [0.25, 0.3) is 11.2 Å². The Balaban J connectivity index is 1.22. The van der Waals surface area contributed by atoms with Gasteiger partial charge in [-0.3, -0.25) is 18.1 Å². The molecule has 5 rings (SSSR count). The zero-order valence-corrected chi connectivity index (χ0v) is 27.7. The number of carboxylic acids is 2. The average Bonchev–Trinajstić information content (AvgIpc) is 3.68. The quantitative estimate of drug-likeness (QED) is 0.0556. The van der Waals surface area contributed by atoms with Crippen molar-refractivity contribution >= 4 is 52.4 Å². The number of phosphoric acid groups is 3. The lowest BCUT2D eigenvalue weighted by molar-refractivity contribution is -0.766. The fourth-order valence-electron chi connectivity index (χ4n) is 5.01. The number of rotatable bonds is 14. The molecular formula is C22H27N6O20P3. The normalized spacial score (nSPS) is 29.2. The van der Waals surface area contributed by atoms with E-state index in [9.17, 15) is 68.4 Å². The molecule has 2 aliphatic rings. The molecule has 5 heterocycles. The lowest BCUT2D eigenvalue weighted by Crippen LogP contribution is -2.47. The largest absolute Gasteiger partial charge is 0.545 e. The summed E-state index contributed by atoms with van der Waals surface area (Å²) in [5, 5.41) is 52.2. The number of imidazole rings is 1. The Labute approximate surface area is 282 Å². The van der Waals surface area contributed by atoms with Crippen LogP contribution in [0.4, 0.5) is 5.82 Å². The number of hydrogen-bond donors (Lipinski definition) is 9. The van der Waals surface area contributed by atoms with Gasteiger partial charge in [-0.1, -0.05) is 0 Å². The summed E-state index contributed by atoms with van der Waals surface area (Å²) in [6.45, 7) is -2.25. The molecule has 10 atom stereocenters. The molecular weight excluding hydrogens is 761 g/mol. The number of nitrogen functional groups attached to an aromatic ring is 1. The number of pyridine rings is 1. The number of ether oxygens (including phenoxy) is 2. The molecule has 280 valence electrons. The minimum atomic E-state index is -5.61. The lowest BCUT2D eigenvalue weighted by atomic mass is 10.1. The Hall–Kier alpha value is -3.39. The van der Waals surface area contributed by atoms with Crippen molar-refractivity contribution in [1.29, 1.82) is 0 Å². The van der Waals surface area contributed by atoms with Gasteiger partial charge in [-0.25, -0.2) is 33.4 Å². The van der Waals surface area contributed by atoms with E-state index in [0.717, 1.165) is 40.2 Å². The van der Waals surface area contributed by atoms with E-state index in [-0.39, 0.29) is 17.0 Å². The van der Waals surface area contributed by atoms with Crippen LogP contribution in [0.2, 0.25) is 0 Å². The highest BCUT2D eigenvalue weighted by atomic mass is 31.3. The Morgan fingerprint density at radius 2 is 1.53 bits per heavy atom. The Morgan fingerprint density at radius 3 is 2.12 bits per heavy atom. The topological polar surface area (TPSA) is 399 Å². The van der Waals surface area contributed by atoms with E-state index in [1.807, 2.05) is 0 Å². The van der Waals surface area contributed by atoms with E-state index in [1.54, 1.807) is 0 Å². The van der Waals surface area contributed by atoms with Crippen LogP contribution in [0.15, 0.2) is 31.1 Å². The number of carboxylic acid groups (broad SMARTS) is 2. The molecule has 0 radical (unpaired) electrons. The number of anilines is 1. The van der Waals surface area contributed by atoms with Gasteiger partial charge < -0.3 is 65.1 Å². The van der Waals surface area contributed by atoms with Crippen LogP contribution in [0.5, 0.6) is 0 Å². The van der Waals surface area contributed by atoms with Gasteiger partial charge in [0.05, 0.1) is 31.1 Å². The highest BCUT2D eigenvalue weighted by Crippen LogP contribution is 2.61. The van der Waals surface area contributed by atoms with Gasteiger partial charge in [-0.15, -0.1) is 0 Å². The van der Waals surface area contributed by atoms with Gasteiger partial charge in [0.1, 0.15) is 47.9 Å². The van der Waals surface area contributed by atoms with Gasteiger partial charge in [0.25, 0.3) is 6.23 Å². The molecule has 2 aliphatic heterocycles. The maximum atomic E-state index is 12.6. The number of fused-ring (bicyclic) bond motifs is 1. The summed E-state index contributed by atoms with van der Waals surface area (Å²) in [6.07, 6.45) is -10.6. The first-order valence-electron chi connectivity index (χ1n) is 13.8. The number of carbonyl (C=O) groups is 2. The van der Waals surface area contributed by atoms with Gasteiger partial charge in [-0.2, -0.15) is 8.88 Å². The van der Waals surface area contributed by atoms with Crippen LogP contribution < -0.4 is 15.4 Å². The Morgan fingerprint density at radius 1 is 0.922 bits per heavy atom. The second-order valence-corrected chi connectivity index (χ2v) is 14.9. The Kier molecular flexibility index (Phi) is 11.1. The minimum absolute atomic E-state index is 0.0278. The van der Waals surface area contributed by atoms with Crippen molar-refractivity contribution in [1.82, 2.24) is 19.5 Å². The summed E-state index contributed by atoms with van der Waals surface area (Å²) >= 11 is 0. The molecule has 51 heavy (non-hydrogen) atoms. The van der Waals surface area contributed by atoms with Crippen molar-refractivity contribution in [2.75, 3.05) is 18.9 Å². The van der Waals surface area contributed by atoms with Crippen LogP contribution in [0.3, 0.4) is 0 Å². The van der Waals surface area contributed by atoms with Gasteiger partial charge in [0.2, 0.25) is 0 Å². The molecule has 0 aromatic carbocycles. The molecule has 10 N–H and O–H groups in total. The number of aromatic carboxylic acids is 2. The van der Waals surface area contributed by atoms with Crippen molar-refractivity contribution in [2.24, 2.45) is 0 Å². The van der Waals surface area contributed by atoms with E-state index in [0.29, 0.717) is 0 Å². The fourth-order valence-corrected chi connectivity index (χ4v) is 7.65. The van der Waals surface area contributed by atoms with Crippen molar-refractivity contribution < 1.29 is 100 Å². The SMILES string of the molecule is Nc1ncnc2c1ncn2[C@@H]1O[C@H](COP(=O)(O)OP(=O)(O)OC[C@@H]2O[C@H]([n+]3cc(C(=O)[O-])cc(C(=O)O)c3)[C@@H](O)[C@H]2O)[C@@H](O)[C@H]1OP(=O)(O)O. The lowest BCUT2D eigenvalue weighted by Gasteiger charge is -2.22. The third-order valence-corrected chi connectivity index (χ3v) is 10.4. The van der Waals surface area contributed by atoms with Crippen molar-refractivity contribution in [2.45, 2.75) is 49.1 Å². The predicted molar refractivity (Wildman–Crippen MR) is 153 cm³/mol. The minimum Gasteiger partial charge on any atom is -0.545 e. The summed E-state index contributed by atoms with van der Waals surface area (Å²) in [4.78, 5) is 73.4. The van der Waals surface area contributed by atoms with Gasteiger partial charge >= 0.3 is 29.4 Å². The smallest absolute Gasteiger partial charge is 0.481 e. The second kappa shape index (κ2) is 14.6. The molecule has 29 heteroatoms. The van der Waals surface area contributed by atoms with Crippen molar-refractivity contribution in [3.05, 3.63) is 42.2 Å². The summed E-state index contributed by atoms with van der Waals surface area (Å²) in [7, 11) is -16.5. The molecule has 26 nitrogen and oxygen atoms in total. The van der Waals surface area contributed by atoms with Crippen LogP contribution in [0.1, 0.15) is 33.2 Å². The first-order chi connectivity index (χ1) is 23.7. The molecule has 2 fully saturated rings. The molecule has 0 aliphatic carbocycles. The first kappa shape index (κ1) is 38.8. The number of phosphoric ester groups is 3. The number of aromatic nitrogens is 5. The molecule has 0 bridgehead atoms. The molecule has 0 amide bonds. The highest BCUT2D eigenvalue weighted by Gasteiger charge is 2.51. The monoisotopic (exact) mass is 788 g/mol. The number of nitrogens with two attached hydrogens (primary N) is 1.